The molecule has 1 rings (SSSR count). The molecular weight excluding hydrogens is 260 g/mol. The Bertz CT molecular complexity index is 195. The van der Waals surface area contributed by atoms with Gasteiger partial charge in [0, 0.05) is 19.4 Å². The molecule has 2 nitrogen and oxygen atoms in total. The largest absolute Gasteiger partial charge is 0.337 e. The molecule has 1 unspecified atom stereocenters. The lowest BCUT2D eigenvalue weighted by Gasteiger charge is -2.00. The van der Waals surface area contributed by atoms with Crippen molar-refractivity contribution in [2.45, 2.75) is 11.8 Å². The van der Waals surface area contributed by atoms with E-state index in [4.69, 9.17) is 0 Å². The summed E-state index contributed by atoms with van der Waals surface area (Å²) in [7, 11) is 1.99. The van der Waals surface area contributed by atoms with Crippen molar-refractivity contribution in [1.82, 2.24) is 9.55 Å². The highest BCUT2D eigenvalue weighted by Crippen LogP contribution is 2.17. The van der Waals surface area contributed by atoms with Crippen molar-refractivity contribution in [2.24, 2.45) is 7.05 Å². The van der Waals surface area contributed by atoms with E-state index in [0.717, 1.165) is 5.82 Å². The molecule has 0 saturated carbocycles. The second-order valence-corrected chi connectivity index (χ2v) is 3.39. The lowest BCUT2D eigenvalue weighted by molar-refractivity contribution is 0.804. The van der Waals surface area contributed by atoms with Gasteiger partial charge in [-0.2, -0.15) is 0 Å². The van der Waals surface area contributed by atoms with Gasteiger partial charge in [0.2, 0.25) is 0 Å². The van der Waals surface area contributed by atoms with E-state index >= 15 is 0 Å². The molecule has 0 aliphatic rings. The van der Waals surface area contributed by atoms with Gasteiger partial charge in [0.15, 0.2) is 0 Å². The fourth-order valence-electron chi connectivity index (χ4n) is 0.760. The minimum Gasteiger partial charge on any atom is -0.337 e. The molecule has 0 saturated heterocycles. The van der Waals surface area contributed by atoms with E-state index in [9.17, 15) is 0 Å². The lowest BCUT2D eigenvalue weighted by Crippen LogP contribution is -1.95. The number of imidazole rings is 1. The van der Waals surface area contributed by atoms with Crippen LogP contribution in [0.4, 0.5) is 0 Å². The van der Waals surface area contributed by atoms with Gasteiger partial charge in [0.25, 0.3) is 0 Å². The topological polar surface area (TPSA) is 17.8 Å². The summed E-state index contributed by atoms with van der Waals surface area (Å²) in [6.45, 7) is 2.06. The summed E-state index contributed by atoms with van der Waals surface area (Å²) in [6.07, 6.45) is 3.74. The van der Waals surface area contributed by atoms with E-state index in [0.29, 0.717) is 4.83 Å². The smallest absolute Gasteiger partial charge is 0.121 e. The third-order valence-corrected chi connectivity index (χ3v) is 1.62. The third-order valence-electron chi connectivity index (χ3n) is 1.21. The van der Waals surface area contributed by atoms with Gasteiger partial charge < -0.3 is 4.57 Å². The minimum atomic E-state index is 0. The maximum absolute atomic E-state index is 4.13. The van der Waals surface area contributed by atoms with Crippen LogP contribution in [-0.2, 0) is 7.05 Å². The number of aromatic nitrogens is 2. The predicted molar refractivity (Wildman–Crippen MR) is 50.9 cm³/mol. The van der Waals surface area contributed by atoms with Gasteiger partial charge in [-0.05, 0) is 6.92 Å². The standard InChI is InChI=1S/C6H9BrN2.BrH/c1-5(7)6-8-3-4-9(6)2;/h3-5H,1-2H3;1H. The van der Waals surface area contributed by atoms with Gasteiger partial charge in [-0.3, -0.25) is 0 Å². The molecule has 1 atom stereocenters. The molecule has 0 spiro atoms. The Hall–Kier alpha value is 0.170. The predicted octanol–water partition coefficient (Wildman–Crippen LogP) is 2.45. The summed E-state index contributed by atoms with van der Waals surface area (Å²) >= 11 is 3.43. The molecule has 0 aliphatic heterocycles. The zero-order valence-electron chi connectivity index (χ0n) is 5.91. The number of hydrogen-bond donors (Lipinski definition) is 0. The Morgan fingerprint density at radius 2 is 2.30 bits per heavy atom. The lowest BCUT2D eigenvalue weighted by atomic mass is 10.5. The Balaban J connectivity index is 0.000000810. The zero-order valence-corrected chi connectivity index (χ0v) is 9.21. The van der Waals surface area contributed by atoms with Crippen LogP contribution in [0.1, 0.15) is 17.6 Å². The Kier molecular flexibility index (Phi) is 4.20. The van der Waals surface area contributed by atoms with Crippen LogP contribution in [0.15, 0.2) is 12.4 Å². The maximum atomic E-state index is 4.13. The molecule has 1 heterocycles. The second kappa shape index (κ2) is 4.13. The second-order valence-electron chi connectivity index (χ2n) is 2.01. The highest BCUT2D eigenvalue weighted by atomic mass is 79.9. The molecule has 4 heteroatoms. The summed E-state index contributed by atoms with van der Waals surface area (Å²) in [4.78, 5) is 4.48. The maximum Gasteiger partial charge on any atom is 0.121 e. The molecular formula is C6H10Br2N2. The first-order valence-corrected chi connectivity index (χ1v) is 3.74. The van der Waals surface area contributed by atoms with Gasteiger partial charge >= 0.3 is 0 Å². The fourth-order valence-corrected chi connectivity index (χ4v) is 1.20. The van der Waals surface area contributed by atoms with E-state index in [2.05, 4.69) is 27.8 Å². The molecule has 0 aromatic carbocycles. The van der Waals surface area contributed by atoms with Gasteiger partial charge in [0.05, 0.1) is 4.83 Å². The van der Waals surface area contributed by atoms with Crippen LogP contribution in [0.3, 0.4) is 0 Å². The Morgan fingerprint density at radius 1 is 1.70 bits per heavy atom. The Morgan fingerprint density at radius 3 is 2.50 bits per heavy atom. The molecule has 0 amide bonds. The summed E-state index contributed by atoms with van der Waals surface area (Å²) < 4.78 is 2.00. The average molecular weight is 270 g/mol. The summed E-state index contributed by atoms with van der Waals surface area (Å²) in [5.74, 6) is 1.06. The van der Waals surface area contributed by atoms with Crippen molar-refractivity contribution < 1.29 is 0 Å². The minimum absolute atomic E-state index is 0. The first-order valence-electron chi connectivity index (χ1n) is 2.83. The fraction of sp³-hybridized carbons (Fsp3) is 0.500. The zero-order chi connectivity index (χ0) is 6.85. The highest BCUT2D eigenvalue weighted by Gasteiger charge is 2.03. The van der Waals surface area contributed by atoms with Crippen molar-refractivity contribution in [3.63, 3.8) is 0 Å². The SMILES string of the molecule is Br.CC(Br)c1nccn1C. The van der Waals surface area contributed by atoms with Crippen molar-refractivity contribution in [3.05, 3.63) is 18.2 Å². The normalized spacial score (nSPS) is 12.3. The van der Waals surface area contributed by atoms with Crippen molar-refractivity contribution >= 4 is 32.9 Å². The molecule has 0 bridgehead atoms. The van der Waals surface area contributed by atoms with Crippen LogP contribution < -0.4 is 0 Å². The van der Waals surface area contributed by atoms with Crippen LogP contribution in [0.2, 0.25) is 0 Å². The van der Waals surface area contributed by atoms with Crippen LogP contribution in [0.5, 0.6) is 0 Å². The molecule has 10 heavy (non-hydrogen) atoms. The monoisotopic (exact) mass is 268 g/mol. The Labute approximate surface area is 79.5 Å². The molecule has 1 aromatic heterocycles. The first-order chi connectivity index (χ1) is 4.22. The molecule has 0 aliphatic carbocycles. The molecule has 1 aromatic rings. The molecule has 0 fully saturated rings. The number of halogens is 2. The quantitative estimate of drug-likeness (QED) is 0.717. The number of hydrogen-bond acceptors (Lipinski definition) is 1. The average Bonchev–Trinajstić information content (AvgIpc) is 2.13. The molecule has 0 N–H and O–H groups in total. The van der Waals surface area contributed by atoms with Gasteiger partial charge in [-0.15, -0.1) is 17.0 Å². The van der Waals surface area contributed by atoms with Crippen molar-refractivity contribution in [3.8, 4) is 0 Å². The van der Waals surface area contributed by atoms with Crippen LogP contribution in [0, 0.1) is 0 Å². The van der Waals surface area contributed by atoms with Gasteiger partial charge in [0.1, 0.15) is 5.82 Å². The number of aryl methyl sites for hydroxylation is 1. The third kappa shape index (κ3) is 2.09. The van der Waals surface area contributed by atoms with Crippen LogP contribution >= 0.6 is 32.9 Å². The van der Waals surface area contributed by atoms with Gasteiger partial charge in [-0.25, -0.2) is 4.98 Å². The van der Waals surface area contributed by atoms with E-state index in [1.165, 1.54) is 0 Å². The number of nitrogens with zero attached hydrogens (tertiary/aromatic N) is 2. The number of alkyl halides is 1. The van der Waals surface area contributed by atoms with E-state index in [-0.39, 0.29) is 17.0 Å². The van der Waals surface area contributed by atoms with E-state index in [1.807, 2.05) is 17.8 Å². The van der Waals surface area contributed by atoms with Gasteiger partial charge in [-0.1, -0.05) is 15.9 Å². The molecule has 0 radical (unpaired) electrons. The van der Waals surface area contributed by atoms with Crippen molar-refractivity contribution in [2.75, 3.05) is 0 Å². The first kappa shape index (κ1) is 10.2. The molecule has 58 valence electrons. The number of rotatable bonds is 1. The van der Waals surface area contributed by atoms with Crippen LogP contribution in [0.25, 0.3) is 0 Å². The summed E-state index contributed by atoms with van der Waals surface area (Å²) in [5.41, 5.74) is 0. The highest BCUT2D eigenvalue weighted by molar-refractivity contribution is 9.09. The van der Waals surface area contributed by atoms with E-state index < -0.39 is 0 Å². The van der Waals surface area contributed by atoms with Crippen LogP contribution in [-0.4, -0.2) is 9.55 Å². The summed E-state index contributed by atoms with van der Waals surface area (Å²) in [6, 6.07) is 0. The summed E-state index contributed by atoms with van der Waals surface area (Å²) in [5, 5.41) is 0. The van der Waals surface area contributed by atoms with E-state index in [1.54, 1.807) is 6.20 Å². The van der Waals surface area contributed by atoms with Crippen molar-refractivity contribution in [1.29, 1.82) is 0 Å².